The van der Waals surface area contributed by atoms with E-state index in [4.69, 9.17) is 4.52 Å². The maximum absolute atomic E-state index is 12.6. The second-order valence-corrected chi connectivity index (χ2v) is 7.79. The third-order valence-corrected chi connectivity index (χ3v) is 5.98. The Morgan fingerprint density at radius 1 is 1.33 bits per heavy atom. The third-order valence-electron chi connectivity index (χ3n) is 3.90. The van der Waals surface area contributed by atoms with Gasteiger partial charge in [0.1, 0.15) is 10.6 Å². The molecule has 0 bridgehead atoms. The minimum atomic E-state index is -3.64. The summed E-state index contributed by atoms with van der Waals surface area (Å²) in [7, 11) is -0.389. The fraction of sp³-hybridized carbons (Fsp3) is 0.538. The highest BCUT2D eigenvalue weighted by Crippen LogP contribution is 2.30. The molecule has 2 aromatic rings. The first kappa shape index (κ1) is 16.6. The zero-order valence-corrected chi connectivity index (χ0v) is 14.6. The number of hydrogen-bond donors (Lipinski definition) is 0. The van der Waals surface area contributed by atoms with Gasteiger partial charge in [0.05, 0.1) is 12.2 Å². The molecule has 130 valence electrons. The largest absolute Gasteiger partial charge is 0.360 e. The molecular formula is C13H18N6O4S. The van der Waals surface area contributed by atoms with Gasteiger partial charge in [-0.2, -0.15) is 4.31 Å². The molecule has 3 heterocycles. The molecule has 1 fully saturated rings. The van der Waals surface area contributed by atoms with Crippen LogP contribution in [-0.4, -0.2) is 70.9 Å². The standard InChI is InChI=1S/C13H18N6O4S/c1-8-12(9(2)23-15-8)24(21,22)18-5-10(6-18)19-7-11(14-16-19)13(20)17(3)4/h7,10H,5-6H2,1-4H3. The van der Waals surface area contributed by atoms with Gasteiger partial charge in [-0.1, -0.05) is 10.4 Å². The topological polar surface area (TPSA) is 114 Å². The number of nitrogens with zero attached hydrogens (tertiary/aromatic N) is 6. The van der Waals surface area contributed by atoms with Crippen LogP contribution in [0, 0.1) is 13.8 Å². The highest BCUT2D eigenvalue weighted by Gasteiger charge is 2.41. The van der Waals surface area contributed by atoms with E-state index >= 15 is 0 Å². The number of sulfonamides is 1. The van der Waals surface area contributed by atoms with Crippen LogP contribution in [0.3, 0.4) is 0 Å². The van der Waals surface area contributed by atoms with Crippen LogP contribution in [0.5, 0.6) is 0 Å². The Labute approximate surface area is 139 Å². The molecule has 0 saturated carbocycles. The first-order valence-electron chi connectivity index (χ1n) is 7.28. The van der Waals surface area contributed by atoms with Crippen molar-refractivity contribution in [2.24, 2.45) is 0 Å². The second kappa shape index (κ2) is 5.67. The minimum Gasteiger partial charge on any atom is -0.360 e. The van der Waals surface area contributed by atoms with Crippen LogP contribution in [-0.2, 0) is 10.0 Å². The summed E-state index contributed by atoms with van der Waals surface area (Å²) in [4.78, 5) is 13.3. The van der Waals surface area contributed by atoms with E-state index in [0.717, 1.165) is 0 Å². The van der Waals surface area contributed by atoms with E-state index in [9.17, 15) is 13.2 Å². The Bertz CT molecular complexity index is 859. The van der Waals surface area contributed by atoms with Crippen LogP contribution >= 0.6 is 0 Å². The molecular weight excluding hydrogens is 336 g/mol. The summed E-state index contributed by atoms with van der Waals surface area (Å²) in [5.41, 5.74) is 0.572. The van der Waals surface area contributed by atoms with Gasteiger partial charge in [0.15, 0.2) is 11.5 Å². The molecule has 0 aromatic carbocycles. The molecule has 1 amide bonds. The molecule has 2 aromatic heterocycles. The molecule has 0 N–H and O–H groups in total. The minimum absolute atomic E-state index is 0.114. The van der Waals surface area contributed by atoms with Crippen molar-refractivity contribution in [1.82, 2.24) is 29.4 Å². The Morgan fingerprint density at radius 2 is 2.00 bits per heavy atom. The van der Waals surface area contributed by atoms with E-state index in [2.05, 4.69) is 15.5 Å². The Morgan fingerprint density at radius 3 is 2.54 bits per heavy atom. The number of rotatable bonds is 4. The van der Waals surface area contributed by atoms with Gasteiger partial charge < -0.3 is 9.42 Å². The molecule has 1 aliphatic heterocycles. The summed E-state index contributed by atoms with van der Waals surface area (Å²) < 4.78 is 33.0. The lowest BCUT2D eigenvalue weighted by molar-refractivity contribution is 0.0821. The van der Waals surface area contributed by atoms with Gasteiger partial charge in [0.25, 0.3) is 5.91 Å². The SMILES string of the molecule is Cc1noc(C)c1S(=O)(=O)N1CC(n2cc(C(=O)N(C)C)nn2)C1. The van der Waals surface area contributed by atoms with Crippen LogP contribution in [0.15, 0.2) is 15.6 Å². The quantitative estimate of drug-likeness (QED) is 0.749. The average molecular weight is 354 g/mol. The zero-order valence-electron chi connectivity index (χ0n) is 13.8. The first-order chi connectivity index (χ1) is 11.2. The maximum atomic E-state index is 12.6. The zero-order chi connectivity index (χ0) is 17.6. The molecule has 0 atom stereocenters. The lowest BCUT2D eigenvalue weighted by atomic mass is 10.2. The predicted molar refractivity (Wildman–Crippen MR) is 81.8 cm³/mol. The summed E-state index contributed by atoms with van der Waals surface area (Å²) in [6.45, 7) is 3.68. The molecule has 10 nitrogen and oxygen atoms in total. The summed E-state index contributed by atoms with van der Waals surface area (Å²) in [5, 5.41) is 11.4. The third kappa shape index (κ3) is 2.59. The van der Waals surface area contributed by atoms with E-state index in [-0.39, 0.29) is 41.4 Å². The van der Waals surface area contributed by atoms with Gasteiger partial charge in [-0.25, -0.2) is 13.1 Å². The van der Waals surface area contributed by atoms with Crippen molar-refractivity contribution in [3.63, 3.8) is 0 Å². The van der Waals surface area contributed by atoms with Gasteiger partial charge in [0.2, 0.25) is 10.0 Å². The Balaban J connectivity index is 1.73. The molecule has 11 heteroatoms. The van der Waals surface area contributed by atoms with Gasteiger partial charge in [-0.3, -0.25) is 4.79 Å². The number of carbonyl (C=O) groups excluding carboxylic acids is 1. The average Bonchev–Trinajstić information content (AvgIpc) is 3.03. The number of carbonyl (C=O) groups is 1. The van der Waals surface area contributed by atoms with Gasteiger partial charge in [0, 0.05) is 27.2 Å². The molecule has 1 aliphatic rings. The van der Waals surface area contributed by atoms with Crippen LogP contribution < -0.4 is 0 Å². The number of aromatic nitrogens is 4. The molecule has 24 heavy (non-hydrogen) atoms. The van der Waals surface area contributed by atoms with Crippen LogP contribution in [0.2, 0.25) is 0 Å². The van der Waals surface area contributed by atoms with Gasteiger partial charge in [-0.15, -0.1) is 5.10 Å². The second-order valence-electron chi connectivity index (χ2n) is 5.91. The van der Waals surface area contributed by atoms with Crippen molar-refractivity contribution >= 4 is 15.9 Å². The fourth-order valence-corrected chi connectivity index (χ4v) is 4.34. The van der Waals surface area contributed by atoms with Crippen molar-refractivity contribution in [2.45, 2.75) is 24.8 Å². The Kier molecular flexibility index (Phi) is 3.92. The lowest BCUT2D eigenvalue weighted by Crippen LogP contribution is -2.50. The normalized spacial score (nSPS) is 16.2. The molecule has 0 radical (unpaired) electrons. The molecule has 3 rings (SSSR count). The highest BCUT2D eigenvalue weighted by molar-refractivity contribution is 7.89. The smallest absolute Gasteiger partial charge is 0.275 e. The van der Waals surface area contributed by atoms with E-state index in [1.54, 1.807) is 27.9 Å². The number of hydrogen-bond acceptors (Lipinski definition) is 7. The highest BCUT2D eigenvalue weighted by atomic mass is 32.2. The van der Waals surface area contributed by atoms with Crippen LogP contribution in [0.1, 0.15) is 28.0 Å². The van der Waals surface area contributed by atoms with Crippen molar-refractivity contribution < 1.29 is 17.7 Å². The van der Waals surface area contributed by atoms with Crippen molar-refractivity contribution in [3.8, 4) is 0 Å². The van der Waals surface area contributed by atoms with Crippen LogP contribution in [0.4, 0.5) is 0 Å². The van der Waals surface area contributed by atoms with Gasteiger partial charge >= 0.3 is 0 Å². The summed E-state index contributed by atoms with van der Waals surface area (Å²) in [5.74, 6) is 0.0244. The van der Waals surface area contributed by atoms with Crippen molar-refractivity contribution in [3.05, 3.63) is 23.3 Å². The summed E-state index contributed by atoms with van der Waals surface area (Å²) in [6.07, 6.45) is 1.53. The first-order valence-corrected chi connectivity index (χ1v) is 8.72. The van der Waals surface area contributed by atoms with Crippen molar-refractivity contribution in [2.75, 3.05) is 27.2 Å². The molecule has 1 saturated heterocycles. The van der Waals surface area contributed by atoms with Gasteiger partial charge in [-0.05, 0) is 13.8 Å². The molecule has 0 aliphatic carbocycles. The van der Waals surface area contributed by atoms with E-state index in [1.807, 2.05) is 0 Å². The van der Waals surface area contributed by atoms with E-state index in [1.165, 1.54) is 20.1 Å². The molecule has 0 spiro atoms. The predicted octanol–water partition coefficient (Wildman–Crippen LogP) is -0.170. The summed E-state index contributed by atoms with van der Waals surface area (Å²) in [6, 6.07) is -0.156. The van der Waals surface area contributed by atoms with E-state index < -0.39 is 10.0 Å². The van der Waals surface area contributed by atoms with Crippen LogP contribution in [0.25, 0.3) is 0 Å². The van der Waals surface area contributed by atoms with E-state index in [0.29, 0.717) is 5.69 Å². The number of aryl methyl sites for hydroxylation is 2. The molecule has 0 unspecified atom stereocenters. The fourth-order valence-electron chi connectivity index (χ4n) is 2.53. The van der Waals surface area contributed by atoms with Crippen molar-refractivity contribution in [1.29, 1.82) is 0 Å². The Hall–Kier alpha value is -2.27. The maximum Gasteiger partial charge on any atom is 0.275 e. The monoisotopic (exact) mass is 354 g/mol. The lowest BCUT2D eigenvalue weighted by Gasteiger charge is -2.37. The summed E-state index contributed by atoms with van der Waals surface area (Å²) >= 11 is 0. The number of amides is 1.